The summed E-state index contributed by atoms with van der Waals surface area (Å²) in [5.41, 5.74) is 9.18. The molecule has 1 aliphatic rings. The highest BCUT2D eigenvalue weighted by molar-refractivity contribution is 5.76. The van der Waals surface area contributed by atoms with E-state index in [0.29, 0.717) is 11.8 Å². The van der Waals surface area contributed by atoms with Gasteiger partial charge in [-0.25, -0.2) is 0 Å². The lowest BCUT2D eigenvalue weighted by molar-refractivity contribution is 0.423. The topological polar surface area (TPSA) is 3.24 Å². The van der Waals surface area contributed by atoms with E-state index in [1.54, 1.807) is 0 Å². The van der Waals surface area contributed by atoms with Crippen LogP contribution in [0.1, 0.15) is 98.3 Å². The van der Waals surface area contributed by atoms with Crippen LogP contribution in [0.4, 0.5) is 0 Å². The van der Waals surface area contributed by atoms with Gasteiger partial charge in [-0.2, -0.15) is 0 Å². The molecule has 1 heteroatoms. The first kappa shape index (κ1) is 37.7. The summed E-state index contributed by atoms with van der Waals surface area (Å²) in [5, 5.41) is 0. The molecule has 0 spiro atoms. The Labute approximate surface area is 254 Å². The van der Waals surface area contributed by atoms with Gasteiger partial charge in [-0.1, -0.05) is 152 Å². The largest absolute Gasteiger partial charge is 0.374 e. The van der Waals surface area contributed by atoms with Gasteiger partial charge in [0.25, 0.3) is 0 Å². The molecular weight excluding hydrogens is 494 g/mol. The maximum Gasteiger partial charge on any atom is 0.0356 e. The first-order valence-electron chi connectivity index (χ1n) is 15.6. The van der Waals surface area contributed by atoms with Gasteiger partial charge >= 0.3 is 0 Å². The van der Waals surface area contributed by atoms with Crippen LogP contribution < -0.4 is 0 Å². The molecule has 1 nitrogen and oxygen atoms in total. The Morgan fingerprint density at radius 1 is 0.902 bits per heavy atom. The van der Waals surface area contributed by atoms with Gasteiger partial charge in [-0.05, 0) is 79.4 Å². The van der Waals surface area contributed by atoms with Gasteiger partial charge in [0, 0.05) is 19.3 Å². The fourth-order valence-electron chi connectivity index (χ4n) is 4.24. The van der Waals surface area contributed by atoms with Crippen molar-refractivity contribution in [2.45, 2.75) is 88.0 Å². The summed E-state index contributed by atoms with van der Waals surface area (Å²) >= 11 is 0. The van der Waals surface area contributed by atoms with Crippen molar-refractivity contribution in [1.29, 1.82) is 0 Å². The lowest BCUT2D eigenvalue weighted by atomic mass is 9.93. The fourth-order valence-corrected chi connectivity index (χ4v) is 4.24. The number of benzene rings is 2. The average molecular weight is 554 g/mol. The third-order valence-electron chi connectivity index (χ3n) is 6.60. The second-order valence-corrected chi connectivity index (χ2v) is 10.6. The minimum Gasteiger partial charge on any atom is -0.374 e. The molecule has 0 bridgehead atoms. The zero-order chi connectivity index (χ0) is 31.2. The third kappa shape index (κ3) is 15.3. The molecule has 1 aliphatic heterocycles. The number of rotatable bonds is 9. The Morgan fingerprint density at radius 3 is 2.10 bits per heavy atom. The Kier molecular flexibility index (Phi) is 20.6. The van der Waals surface area contributed by atoms with Crippen LogP contribution in [0.5, 0.6) is 0 Å². The predicted octanol–water partition coefficient (Wildman–Crippen LogP) is 12.0. The molecule has 2 aromatic rings. The van der Waals surface area contributed by atoms with Crippen LogP contribution in [-0.4, -0.2) is 18.5 Å². The second-order valence-electron chi connectivity index (χ2n) is 10.6. The summed E-state index contributed by atoms with van der Waals surface area (Å²) < 4.78 is 0. The molecular formula is C40H59N. The lowest BCUT2D eigenvalue weighted by Crippen LogP contribution is -2.20. The van der Waals surface area contributed by atoms with Crippen molar-refractivity contribution in [3.8, 4) is 0 Å². The fraction of sp³-hybridized carbons (Fsp3) is 0.400. The maximum atomic E-state index is 4.23. The molecule has 0 aromatic heterocycles. The highest BCUT2D eigenvalue weighted by Gasteiger charge is 2.08. The van der Waals surface area contributed by atoms with E-state index in [1.807, 2.05) is 33.8 Å². The second kappa shape index (κ2) is 22.4. The molecule has 0 aliphatic carbocycles. The first-order valence-corrected chi connectivity index (χ1v) is 15.6. The van der Waals surface area contributed by atoms with Crippen LogP contribution in [0, 0.1) is 5.92 Å². The molecule has 1 unspecified atom stereocenters. The summed E-state index contributed by atoms with van der Waals surface area (Å²) in [7, 11) is 2.15. The monoisotopic (exact) mass is 553 g/mol. The summed E-state index contributed by atoms with van der Waals surface area (Å²) in [4.78, 5) is 2.31. The van der Waals surface area contributed by atoms with Gasteiger partial charge in [-0.15, -0.1) is 0 Å². The highest BCUT2D eigenvalue weighted by Crippen LogP contribution is 2.24. The molecule has 41 heavy (non-hydrogen) atoms. The van der Waals surface area contributed by atoms with E-state index in [1.165, 1.54) is 33.5 Å². The van der Waals surface area contributed by atoms with Crippen LogP contribution in [0.25, 0.3) is 5.57 Å². The zero-order valence-corrected chi connectivity index (χ0v) is 28.2. The molecule has 0 radical (unpaired) electrons. The van der Waals surface area contributed by atoms with Crippen molar-refractivity contribution in [2.24, 2.45) is 5.92 Å². The van der Waals surface area contributed by atoms with Crippen LogP contribution in [0.15, 0.2) is 121 Å². The summed E-state index contributed by atoms with van der Waals surface area (Å²) in [6.07, 6.45) is 17.5. The van der Waals surface area contributed by atoms with Crippen molar-refractivity contribution in [1.82, 2.24) is 4.90 Å². The maximum absolute atomic E-state index is 4.23. The van der Waals surface area contributed by atoms with E-state index in [0.717, 1.165) is 25.0 Å². The number of hydrogen-bond acceptors (Lipinski definition) is 1. The molecule has 0 N–H and O–H groups in total. The van der Waals surface area contributed by atoms with Gasteiger partial charge in [0.05, 0.1) is 0 Å². The van der Waals surface area contributed by atoms with E-state index in [-0.39, 0.29) is 0 Å². The lowest BCUT2D eigenvalue weighted by Gasteiger charge is -2.24. The summed E-state index contributed by atoms with van der Waals surface area (Å²) in [6, 6.07) is 19.1. The Hall–Kier alpha value is -3.32. The van der Waals surface area contributed by atoms with Crippen molar-refractivity contribution < 1.29 is 0 Å². The number of likely N-dealkylation sites (N-methyl/N-ethyl adjacent to an activating group) is 1. The Balaban J connectivity index is 0.000000717. The van der Waals surface area contributed by atoms with Crippen molar-refractivity contribution in [3.63, 3.8) is 0 Å². The van der Waals surface area contributed by atoms with Crippen molar-refractivity contribution in [3.05, 3.63) is 137 Å². The standard InChI is InChI=1S/C21H24.C15H23N.2C2H6/c1-16(2)21-13-9-8-12-20(21)15-14-17(3)18(4)19-10-6-5-7-11-19;1-13(2)8-7-9-14(3)12-15-10-5-6-11-16(15)4;2*1-2/h5-14,16H,4,15H2,1-3H3;5-10,14H,11-12H2,1-4H3;2*1-2H3/b17-14-;9-7-;;. The van der Waals surface area contributed by atoms with Gasteiger partial charge < -0.3 is 4.90 Å². The first-order chi connectivity index (χ1) is 19.7. The van der Waals surface area contributed by atoms with E-state index in [2.05, 4.69) is 151 Å². The number of hydrogen-bond donors (Lipinski definition) is 0. The molecule has 0 amide bonds. The molecule has 0 saturated carbocycles. The van der Waals surface area contributed by atoms with Crippen LogP contribution in [0.3, 0.4) is 0 Å². The Morgan fingerprint density at radius 2 is 1.51 bits per heavy atom. The smallest absolute Gasteiger partial charge is 0.0356 e. The van der Waals surface area contributed by atoms with Gasteiger partial charge in [0.1, 0.15) is 0 Å². The SMILES string of the molecule is C=C(/C(C)=C\Cc1ccccc1C(C)C)c1ccccc1.CC.CC.CC(C)=C/C=C\C(C)CC1=CC=CCN1C. The molecule has 3 rings (SSSR count). The van der Waals surface area contributed by atoms with Crippen LogP contribution in [0.2, 0.25) is 0 Å². The highest BCUT2D eigenvalue weighted by atomic mass is 15.1. The van der Waals surface area contributed by atoms with Crippen molar-refractivity contribution in [2.75, 3.05) is 13.6 Å². The molecule has 1 atom stereocenters. The van der Waals surface area contributed by atoms with Crippen LogP contribution in [-0.2, 0) is 6.42 Å². The van der Waals surface area contributed by atoms with Crippen molar-refractivity contribution >= 4 is 5.57 Å². The van der Waals surface area contributed by atoms with Gasteiger partial charge in [0.2, 0.25) is 0 Å². The molecule has 2 aromatic carbocycles. The average Bonchev–Trinajstić information content (AvgIpc) is 2.99. The van der Waals surface area contributed by atoms with Crippen LogP contribution >= 0.6 is 0 Å². The van der Waals surface area contributed by atoms with E-state index < -0.39 is 0 Å². The summed E-state index contributed by atoms with van der Waals surface area (Å²) in [5.74, 6) is 1.16. The third-order valence-corrected chi connectivity index (χ3v) is 6.60. The quantitative estimate of drug-likeness (QED) is 0.279. The summed E-state index contributed by atoms with van der Waals surface area (Å²) in [6.45, 7) is 26.4. The molecule has 224 valence electrons. The zero-order valence-electron chi connectivity index (χ0n) is 28.2. The van der Waals surface area contributed by atoms with E-state index in [9.17, 15) is 0 Å². The Bertz CT molecular complexity index is 1130. The number of allylic oxidation sites excluding steroid dienone is 10. The predicted molar refractivity (Wildman–Crippen MR) is 188 cm³/mol. The minimum atomic E-state index is 0.562. The minimum absolute atomic E-state index is 0.562. The normalized spacial score (nSPS) is 13.1. The number of nitrogens with zero attached hydrogens (tertiary/aromatic N) is 1. The molecule has 0 saturated heterocycles. The molecule has 1 heterocycles. The van der Waals surface area contributed by atoms with Gasteiger partial charge in [-0.3, -0.25) is 0 Å². The van der Waals surface area contributed by atoms with E-state index >= 15 is 0 Å². The van der Waals surface area contributed by atoms with Gasteiger partial charge in [0.15, 0.2) is 0 Å². The molecule has 0 fully saturated rings. The van der Waals surface area contributed by atoms with E-state index in [4.69, 9.17) is 0 Å².